The van der Waals surface area contributed by atoms with Gasteiger partial charge in [-0.05, 0) is 24.3 Å². The van der Waals surface area contributed by atoms with Crippen molar-refractivity contribution in [2.45, 2.75) is 0 Å². The van der Waals surface area contributed by atoms with Gasteiger partial charge in [-0.25, -0.2) is 9.18 Å². The summed E-state index contributed by atoms with van der Waals surface area (Å²) in [5.41, 5.74) is 0.335. The Morgan fingerprint density at radius 2 is 1.85 bits per heavy atom. The Hall–Kier alpha value is -1.78. The Balaban J connectivity index is 2.65. The van der Waals surface area contributed by atoms with E-state index in [0.717, 1.165) is 6.07 Å². The molecule has 2 aromatic rings. The van der Waals surface area contributed by atoms with Gasteiger partial charge >= 0.3 is 5.97 Å². The van der Waals surface area contributed by atoms with Crippen molar-refractivity contribution in [2.75, 3.05) is 7.11 Å². The maximum atomic E-state index is 13.9. The number of methoxy groups -OCH3 is 1. The van der Waals surface area contributed by atoms with E-state index >= 15 is 0 Å². The van der Waals surface area contributed by atoms with E-state index in [1.54, 1.807) is 0 Å². The van der Waals surface area contributed by atoms with Crippen molar-refractivity contribution in [2.24, 2.45) is 0 Å². The van der Waals surface area contributed by atoms with Crippen LogP contribution in [0.1, 0.15) is 10.4 Å². The average molecular weight is 315 g/mol. The second-order valence-corrected chi connectivity index (χ2v) is 4.78. The zero-order chi connectivity index (χ0) is 14.9. The van der Waals surface area contributed by atoms with Crippen molar-refractivity contribution in [1.82, 2.24) is 0 Å². The maximum Gasteiger partial charge on any atom is 0.335 e. The molecular formula is C14H9Cl2FO3. The first-order valence-electron chi connectivity index (χ1n) is 5.50. The molecule has 0 radical (unpaired) electrons. The summed E-state index contributed by atoms with van der Waals surface area (Å²) >= 11 is 12.0. The monoisotopic (exact) mass is 314 g/mol. The van der Waals surface area contributed by atoms with E-state index in [0.29, 0.717) is 11.3 Å². The van der Waals surface area contributed by atoms with E-state index in [9.17, 15) is 9.18 Å². The lowest BCUT2D eigenvalue weighted by molar-refractivity contribution is 0.0697. The molecule has 104 valence electrons. The fraction of sp³-hybridized carbons (Fsp3) is 0.0714. The largest absolute Gasteiger partial charge is 0.495 e. The predicted molar refractivity (Wildman–Crippen MR) is 75.4 cm³/mol. The fourth-order valence-corrected chi connectivity index (χ4v) is 2.25. The smallest absolute Gasteiger partial charge is 0.335 e. The molecule has 0 spiro atoms. The van der Waals surface area contributed by atoms with Crippen LogP contribution >= 0.6 is 23.2 Å². The Labute approximate surface area is 124 Å². The topological polar surface area (TPSA) is 46.5 Å². The second-order valence-electron chi connectivity index (χ2n) is 3.97. The van der Waals surface area contributed by atoms with Crippen molar-refractivity contribution in [3.63, 3.8) is 0 Å². The minimum absolute atomic E-state index is 0.0376. The summed E-state index contributed by atoms with van der Waals surface area (Å²) in [7, 11) is 1.43. The molecule has 0 aliphatic heterocycles. The summed E-state index contributed by atoms with van der Waals surface area (Å²) in [4.78, 5) is 10.9. The Morgan fingerprint density at radius 3 is 2.45 bits per heavy atom. The van der Waals surface area contributed by atoms with Gasteiger partial charge in [-0.1, -0.05) is 23.2 Å². The van der Waals surface area contributed by atoms with E-state index in [1.165, 1.54) is 31.4 Å². The molecule has 0 amide bonds. The lowest BCUT2D eigenvalue weighted by Crippen LogP contribution is -1.98. The van der Waals surface area contributed by atoms with E-state index in [4.69, 9.17) is 33.0 Å². The molecule has 20 heavy (non-hydrogen) atoms. The van der Waals surface area contributed by atoms with Crippen LogP contribution in [0.15, 0.2) is 30.3 Å². The van der Waals surface area contributed by atoms with Gasteiger partial charge in [-0.2, -0.15) is 0 Å². The minimum Gasteiger partial charge on any atom is -0.495 e. The van der Waals surface area contributed by atoms with Crippen LogP contribution < -0.4 is 4.74 Å². The fourth-order valence-electron chi connectivity index (χ4n) is 1.76. The van der Waals surface area contributed by atoms with Gasteiger partial charge in [0.05, 0.1) is 22.7 Å². The van der Waals surface area contributed by atoms with Crippen LogP contribution in [0.3, 0.4) is 0 Å². The lowest BCUT2D eigenvalue weighted by Gasteiger charge is -2.10. The zero-order valence-corrected chi connectivity index (χ0v) is 11.8. The molecule has 3 nitrogen and oxygen atoms in total. The van der Waals surface area contributed by atoms with Crippen LogP contribution in [0.25, 0.3) is 11.1 Å². The molecule has 2 rings (SSSR count). The number of hydrogen-bond donors (Lipinski definition) is 1. The predicted octanol–water partition coefficient (Wildman–Crippen LogP) is 4.51. The third-order valence-corrected chi connectivity index (χ3v) is 3.35. The maximum absolute atomic E-state index is 13.9. The van der Waals surface area contributed by atoms with Gasteiger partial charge in [0, 0.05) is 17.2 Å². The van der Waals surface area contributed by atoms with Gasteiger partial charge in [0.25, 0.3) is 0 Å². The van der Waals surface area contributed by atoms with E-state index < -0.39 is 11.8 Å². The molecule has 0 atom stereocenters. The normalized spacial score (nSPS) is 10.4. The number of carbonyl (C=O) groups is 1. The highest BCUT2D eigenvalue weighted by molar-refractivity contribution is 6.36. The molecule has 0 saturated carbocycles. The number of carboxylic acids is 1. The van der Waals surface area contributed by atoms with Crippen molar-refractivity contribution in [3.8, 4) is 16.9 Å². The Morgan fingerprint density at radius 1 is 1.15 bits per heavy atom. The molecule has 0 bridgehead atoms. The van der Waals surface area contributed by atoms with Crippen molar-refractivity contribution >= 4 is 29.2 Å². The average Bonchev–Trinajstić information content (AvgIpc) is 2.41. The molecule has 1 N–H and O–H groups in total. The van der Waals surface area contributed by atoms with Gasteiger partial charge in [-0.15, -0.1) is 0 Å². The molecule has 0 heterocycles. The molecule has 6 heteroatoms. The molecule has 0 unspecified atom stereocenters. The lowest BCUT2D eigenvalue weighted by atomic mass is 10.0. The number of benzene rings is 2. The third kappa shape index (κ3) is 2.71. The molecule has 2 aromatic carbocycles. The number of halogens is 3. The van der Waals surface area contributed by atoms with Gasteiger partial charge in [0.15, 0.2) is 0 Å². The zero-order valence-electron chi connectivity index (χ0n) is 10.3. The highest BCUT2D eigenvalue weighted by atomic mass is 35.5. The number of ether oxygens (including phenoxy) is 1. The standard InChI is InChI=1S/C14H9Cl2FO3/c1-20-13-6-10(15)8(5-11(13)16)9-4-7(14(18)19)2-3-12(9)17/h2-6H,1H3,(H,18,19). The van der Waals surface area contributed by atoms with Crippen molar-refractivity contribution in [1.29, 1.82) is 0 Å². The van der Waals surface area contributed by atoms with E-state index in [-0.39, 0.29) is 21.2 Å². The summed E-state index contributed by atoms with van der Waals surface area (Å²) in [6, 6.07) is 6.36. The minimum atomic E-state index is -1.15. The number of carboxylic acid groups (broad SMARTS) is 1. The first-order valence-corrected chi connectivity index (χ1v) is 6.26. The molecule has 0 fully saturated rings. The van der Waals surface area contributed by atoms with Crippen LogP contribution in [0, 0.1) is 5.82 Å². The SMILES string of the molecule is COc1cc(Cl)c(-c2cc(C(=O)O)ccc2F)cc1Cl. The van der Waals surface area contributed by atoms with E-state index in [1.807, 2.05) is 0 Å². The van der Waals surface area contributed by atoms with Crippen LogP contribution in [-0.2, 0) is 0 Å². The third-order valence-electron chi connectivity index (χ3n) is 2.74. The summed E-state index contributed by atoms with van der Waals surface area (Å²) < 4.78 is 18.9. The Bertz CT molecular complexity index is 686. The highest BCUT2D eigenvalue weighted by Crippen LogP contribution is 2.37. The first kappa shape index (κ1) is 14.6. The van der Waals surface area contributed by atoms with Crippen molar-refractivity contribution in [3.05, 3.63) is 51.8 Å². The number of hydrogen-bond acceptors (Lipinski definition) is 2. The summed E-state index contributed by atoms with van der Waals surface area (Å²) in [6.45, 7) is 0. The summed E-state index contributed by atoms with van der Waals surface area (Å²) in [5, 5.41) is 9.42. The molecular weight excluding hydrogens is 306 g/mol. The van der Waals surface area contributed by atoms with Gasteiger partial charge in [0.2, 0.25) is 0 Å². The van der Waals surface area contributed by atoms with Crippen LogP contribution in [0.4, 0.5) is 4.39 Å². The highest BCUT2D eigenvalue weighted by Gasteiger charge is 2.15. The van der Waals surface area contributed by atoms with Gasteiger partial charge in [-0.3, -0.25) is 0 Å². The van der Waals surface area contributed by atoms with Crippen molar-refractivity contribution < 1.29 is 19.0 Å². The summed E-state index contributed by atoms with van der Waals surface area (Å²) in [6.07, 6.45) is 0. The van der Waals surface area contributed by atoms with Gasteiger partial charge < -0.3 is 9.84 Å². The molecule has 0 aliphatic rings. The molecule has 0 aromatic heterocycles. The number of rotatable bonds is 3. The summed E-state index contributed by atoms with van der Waals surface area (Å²) in [5.74, 6) is -1.38. The van der Waals surface area contributed by atoms with Crippen LogP contribution in [0.2, 0.25) is 10.0 Å². The van der Waals surface area contributed by atoms with E-state index in [2.05, 4.69) is 0 Å². The van der Waals surface area contributed by atoms with Crippen LogP contribution in [0.5, 0.6) is 5.75 Å². The molecule has 0 saturated heterocycles. The van der Waals surface area contributed by atoms with Crippen LogP contribution in [-0.4, -0.2) is 18.2 Å². The molecule has 0 aliphatic carbocycles. The second kappa shape index (κ2) is 5.69. The van der Waals surface area contributed by atoms with Gasteiger partial charge in [0.1, 0.15) is 11.6 Å². The first-order chi connectivity index (χ1) is 9.43. The number of aromatic carboxylic acids is 1. The quantitative estimate of drug-likeness (QED) is 0.906. The Kier molecular flexibility index (Phi) is 4.16.